The van der Waals surface area contributed by atoms with E-state index in [2.05, 4.69) is 11.9 Å². The van der Waals surface area contributed by atoms with E-state index < -0.39 is 17.6 Å². The van der Waals surface area contributed by atoms with Gasteiger partial charge in [-0.25, -0.2) is 0 Å². The van der Waals surface area contributed by atoms with Gasteiger partial charge in [0.25, 0.3) is 0 Å². The van der Waals surface area contributed by atoms with Gasteiger partial charge in [-0.15, -0.1) is 0 Å². The summed E-state index contributed by atoms with van der Waals surface area (Å²) in [6, 6.07) is 7.31. The highest BCUT2D eigenvalue weighted by molar-refractivity contribution is 6.12. The van der Waals surface area contributed by atoms with Crippen molar-refractivity contribution in [2.75, 3.05) is 5.32 Å². The number of amides is 1. The lowest BCUT2D eigenvalue weighted by atomic mass is 9.91. The molecule has 0 fully saturated rings. The SMILES string of the molecule is C=C(C(=O)/C=C(/Nc1cccc(C)c1)C(C)=O)C(CCC=O)C(N)=O. The van der Waals surface area contributed by atoms with E-state index in [9.17, 15) is 19.2 Å². The van der Waals surface area contributed by atoms with Crippen molar-refractivity contribution < 1.29 is 19.2 Å². The van der Waals surface area contributed by atoms with Crippen LogP contribution in [0.25, 0.3) is 0 Å². The Morgan fingerprint density at radius 3 is 2.52 bits per heavy atom. The van der Waals surface area contributed by atoms with E-state index in [1.807, 2.05) is 25.1 Å². The number of aryl methyl sites for hydroxylation is 1. The van der Waals surface area contributed by atoms with Crippen LogP contribution < -0.4 is 11.1 Å². The minimum Gasteiger partial charge on any atom is -0.369 e. The second-order valence-electron chi connectivity index (χ2n) is 5.70. The van der Waals surface area contributed by atoms with Gasteiger partial charge in [-0.05, 0) is 31.0 Å². The zero-order valence-corrected chi connectivity index (χ0v) is 14.4. The van der Waals surface area contributed by atoms with Crippen LogP contribution in [0.5, 0.6) is 0 Å². The lowest BCUT2D eigenvalue weighted by Crippen LogP contribution is -2.27. The Morgan fingerprint density at radius 2 is 2.00 bits per heavy atom. The van der Waals surface area contributed by atoms with Crippen LogP contribution in [0.3, 0.4) is 0 Å². The van der Waals surface area contributed by atoms with Gasteiger partial charge in [-0.3, -0.25) is 14.4 Å². The molecule has 1 atom stereocenters. The molecule has 0 aliphatic rings. The topological polar surface area (TPSA) is 106 Å². The smallest absolute Gasteiger partial charge is 0.225 e. The Bertz CT molecular complexity index is 735. The molecule has 1 amide bonds. The molecule has 0 spiro atoms. The Labute approximate surface area is 146 Å². The van der Waals surface area contributed by atoms with Crippen LogP contribution in [0.2, 0.25) is 0 Å². The van der Waals surface area contributed by atoms with Gasteiger partial charge < -0.3 is 15.8 Å². The number of benzene rings is 1. The lowest BCUT2D eigenvalue weighted by Gasteiger charge is -2.14. The van der Waals surface area contributed by atoms with E-state index in [1.54, 1.807) is 6.07 Å². The van der Waals surface area contributed by atoms with Crippen molar-refractivity contribution in [3.05, 3.63) is 53.8 Å². The molecule has 0 saturated carbocycles. The molecule has 0 saturated heterocycles. The maximum Gasteiger partial charge on any atom is 0.225 e. The van der Waals surface area contributed by atoms with Crippen molar-refractivity contribution in [2.45, 2.75) is 26.7 Å². The van der Waals surface area contributed by atoms with E-state index in [0.29, 0.717) is 12.0 Å². The van der Waals surface area contributed by atoms with Gasteiger partial charge in [0.05, 0.1) is 11.6 Å². The van der Waals surface area contributed by atoms with Crippen LogP contribution in [0.15, 0.2) is 48.2 Å². The van der Waals surface area contributed by atoms with E-state index in [1.165, 1.54) is 6.92 Å². The number of hydrogen-bond donors (Lipinski definition) is 2. The number of Topliss-reactive ketones (excluding diaryl/α,β-unsaturated/α-hetero) is 1. The summed E-state index contributed by atoms with van der Waals surface area (Å²) in [5, 5.41) is 2.89. The summed E-state index contributed by atoms with van der Waals surface area (Å²) in [6.45, 7) is 6.84. The molecule has 0 aromatic heterocycles. The summed E-state index contributed by atoms with van der Waals surface area (Å²) < 4.78 is 0. The fourth-order valence-corrected chi connectivity index (χ4v) is 2.22. The fourth-order valence-electron chi connectivity index (χ4n) is 2.22. The van der Waals surface area contributed by atoms with Gasteiger partial charge in [0.15, 0.2) is 11.6 Å². The molecule has 3 N–H and O–H groups in total. The molecule has 132 valence electrons. The first kappa shape index (κ1) is 20.0. The summed E-state index contributed by atoms with van der Waals surface area (Å²) in [5.41, 5.74) is 6.96. The number of carbonyl (C=O) groups is 4. The Morgan fingerprint density at radius 1 is 1.32 bits per heavy atom. The molecule has 1 aromatic rings. The first-order chi connectivity index (χ1) is 11.8. The first-order valence-corrected chi connectivity index (χ1v) is 7.78. The molecule has 6 heteroatoms. The third kappa shape index (κ3) is 6.18. The van der Waals surface area contributed by atoms with Crippen LogP contribution in [-0.4, -0.2) is 23.8 Å². The van der Waals surface area contributed by atoms with Crippen LogP contribution in [0, 0.1) is 12.8 Å². The van der Waals surface area contributed by atoms with Gasteiger partial charge in [0, 0.05) is 30.7 Å². The standard InChI is InChI=1S/C19H22N2O4/c1-12-6-4-7-15(10-12)21-17(14(3)23)11-18(24)13(2)16(19(20)25)8-5-9-22/h4,6-7,9-11,16,21H,2,5,8H2,1,3H3,(H2,20,25)/b17-11+. The number of nitrogens with two attached hydrogens (primary N) is 1. The monoisotopic (exact) mass is 342 g/mol. The molecule has 25 heavy (non-hydrogen) atoms. The highest BCUT2D eigenvalue weighted by Gasteiger charge is 2.23. The number of carbonyl (C=O) groups excluding carboxylic acids is 4. The van der Waals surface area contributed by atoms with Crippen molar-refractivity contribution in [1.82, 2.24) is 0 Å². The van der Waals surface area contributed by atoms with Gasteiger partial charge in [-0.1, -0.05) is 18.7 Å². The van der Waals surface area contributed by atoms with Gasteiger partial charge in [0.1, 0.15) is 6.29 Å². The molecule has 1 unspecified atom stereocenters. The van der Waals surface area contributed by atoms with E-state index >= 15 is 0 Å². The number of anilines is 1. The van der Waals surface area contributed by atoms with Crippen molar-refractivity contribution >= 4 is 29.4 Å². The number of ketones is 2. The maximum atomic E-state index is 12.4. The fraction of sp³-hybridized carbons (Fsp3) is 0.263. The van der Waals surface area contributed by atoms with Crippen LogP contribution in [0.4, 0.5) is 5.69 Å². The van der Waals surface area contributed by atoms with Gasteiger partial charge >= 0.3 is 0 Å². The number of rotatable bonds is 10. The minimum atomic E-state index is -0.943. The lowest BCUT2D eigenvalue weighted by molar-refractivity contribution is -0.123. The summed E-state index contributed by atoms with van der Waals surface area (Å²) in [7, 11) is 0. The first-order valence-electron chi connectivity index (χ1n) is 7.78. The predicted molar refractivity (Wildman–Crippen MR) is 95.7 cm³/mol. The summed E-state index contributed by atoms with van der Waals surface area (Å²) in [6.07, 6.45) is 1.94. The number of nitrogens with one attached hydrogen (secondary N) is 1. The Hall–Kier alpha value is -3.02. The molecule has 1 rings (SSSR count). The summed E-state index contributed by atoms with van der Waals surface area (Å²) in [5.74, 6) is -2.60. The Kier molecular flexibility index (Phi) is 7.46. The maximum absolute atomic E-state index is 12.4. The van der Waals surface area contributed by atoms with Gasteiger partial charge in [-0.2, -0.15) is 0 Å². The average molecular weight is 342 g/mol. The van der Waals surface area contributed by atoms with Gasteiger partial charge in [0.2, 0.25) is 5.91 Å². The van der Waals surface area contributed by atoms with E-state index in [0.717, 1.165) is 11.6 Å². The summed E-state index contributed by atoms with van der Waals surface area (Å²) >= 11 is 0. The number of aldehydes is 1. The molecule has 0 bridgehead atoms. The molecule has 0 aliphatic carbocycles. The largest absolute Gasteiger partial charge is 0.369 e. The average Bonchev–Trinajstić information content (AvgIpc) is 2.53. The molecule has 0 aliphatic heterocycles. The summed E-state index contributed by atoms with van der Waals surface area (Å²) in [4.78, 5) is 46.2. The van der Waals surface area contributed by atoms with Crippen LogP contribution >= 0.6 is 0 Å². The van der Waals surface area contributed by atoms with Crippen molar-refractivity contribution in [3.8, 4) is 0 Å². The highest BCUT2D eigenvalue weighted by atomic mass is 16.2. The van der Waals surface area contributed by atoms with E-state index in [-0.39, 0.29) is 29.9 Å². The molecule has 0 radical (unpaired) electrons. The molecule has 1 aromatic carbocycles. The normalized spacial score (nSPS) is 12.2. The number of allylic oxidation sites excluding steroid dienone is 2. The number of hydrogen-bond acceptors (Lipinski definition) is 5. The van der Waals surface area contributed by atoms with Crippen molar-refractivity contribution in [3.63, 3.8) is 0 Å². The zero-order chi connectivity index (χ0) is 19.0. The Balaban J connectivity index is 3.02. The van der Waals surface area contributed by atoms with E-state index in [4.69, 9.17) is 5.73 Å². The quantitative estimate of drug-likeness (QED) is 0.500. The third-order valence-electron chi connectivity index (χ3n) is 3.61. The molecule has 0 heterocycles. The number of primary amides is 1. The minimum absolute atomic E-state index is 0.0425. The molecular weight excluding hydrogens is 320 g/mol. The van der Waals surface area contributed by atoms with Crippen molar-refractivity contribution in [2.24, 2.45) is 11.7 Å². The predicted octanol–water partition coefficient (Wildman–Crippen LogP) is 2.09. The second-order valence-corrected chi connectivity index (χ2v) is 5.70. The van der Waals surface area contributed by atoms with Crippen LogP contribution in [-0.2, 0) is 19.2 Å². The highest BCUT2D eigenvalue weighted by Crippen LogP contribution is 2.18. The second kappa shape index (κ2) is 9.32. The van der Waals surface area contributed by atoms with Crippen molar-refractivity contribution in [1.29, 1.82) is 0 Å². The molecular formula is C19H22N2O4. The zero-order valence-electron chi connectivity index (χ0n) is 14.4. The third-order valence-corrected chi connectivity index (χ3v) is 3.61. The van der Waals surface area contributed by atoms with Crippen LogP contribution in [0.1, 0.15) is 25.3 Å². The molecule has 6 nitrogen and oxygen atoms in total.